The minimum atomic E-state index is -2.20. The van der Waals surface area contributed by atoms with E-state index in [0.717, 1.165) is 157 Å². The summed E-state index contributed by atoms with van der Waals surface area (Å²) in [6, 6.07) is 18.0. The number of ether oxygens (including phenoxy) is 4. The summed E-state index contributed by atoms with van der Waals surface area (Å²) in [5, 5.41) is 57.7. The zero-order valence-corrected chi connectivity index (χ0v) is 87.5. The summed E-state index contributed by atoms with van der Waals surface area (Å²) in [5.41, 5.74) is 24.3. The number of H-pyrrole nitrogens is 2. The number of aryl methyl sites for hydroxylation is 2. The molecule has 38 nitrogen and oxygen atoms in total. The van der Waals surface area contributed by atoms with Crippen molar-refractivity contribution in [2.45, 2.75) is 345 Å². The van der Waals surface area contributed by atoms with Crippen molar-refractivity contribution in [1.82, 2.24) is 58.1 Å². The smallest absolute Gasteiger partial charge is 0.311 e. The standard InChI is InChI=1S/C29H56N4O5SSi3.C28H54N4O6SSi3.C11H14N4O5S.C10H12N4O6S.V/c1-11-40(12-2,13-3)35-20-22-23(37-41(14-4,15-5)16-6)24(38-42(17-7,18-8)19-9)27(36-22)33-26-25(39-29(33)34)21(10)31-28(30)32-26;1-10-40(11-2,12-3)35-19-20-21(37-41(13-4,14-5)15-6)22(38-42(16-7,17-8)18-9)26(36-20)32-24-23(39-28(32)34)25(33)31-27(29)30-24;1-3-7-8(14-10(12)13-3)15(11(19)21-7)9-6(18)5(17)4(2-16)20-9;11-9-12-6-5(7(18)13-9)21-10(19)14(6)8-4(17)3(16)2(1-15)20-8;/h22-24,27H,11-20H2,1-10H3,(H2,30,31,32);20-22,26H,10-19H2,1-9H3,(H3,29,30,31,33);4-6,9,16-18H,2H2,1H3,(H2,12,13,14);2-4,8,15-17H,1H2,(H3,11,12,13,18);/t22-,23-,24?,27-;20-,21-,22?,26-;4-,5-,6-,9-;2-,3-,4-,8-;/m1111./s1. The maximum Gasteiger partial charge on any atom is 0.311 e. The van der Waals surface area contributed by atoms with Crippen LogP contribution in [0, 0.1) is 13.8 Å². The number of aliphatic hydroxyl groups is 6. The SMILES string of the molecule is CC[Si](CC)(CC)OC[C@H]1O[C@@H](n2c(=O)sc3c(=O)[nH]c(N)nc32)C(O[Si](CC)(CC)CC)[C@@H]1O[Si](CC)(CC)CC.CC[Si](CC)(CC)OC[C@H]1O[C@@H](n2c(=O)sc3c(C)nc(N)nc32)C(O[Si](CC)(CC)CC)[C@@H]1O[Si](CC)(CC)CC.Cc1nc(N)nc2c1sc(=O)n2[C@@H]1O[C@H](CO)[C@@H](O)[C@H]1O.Nc1nc2c(sc(=O)n2[C@@H]2O[C@H](CO)[C@@H](O)[C@H]2O)c(=O)[nH]1.[V]. The Labute approximate surface area is 773 Å². The Bertz CT molecular complexity index is 5260. The van der Waals surface area contributed by atoms with Crippen LogP contribution in [-0.4, -0.2) is 238 Å². The molecule has 0 aliphatic carbocycles. The Hall–Kier alpha value is -4.87. The van der Waals surface area contributed by atoms with Gasteiger partial charge in [0.2, 0.25) is 23.8 Å². The van der Waals surface area contributed by atoms with Crippen LogP contribution in [0.25, 0.3) is 41.4 Å². The van der Waals surface area contributed by atoms with E-state index in [2.05, 4.69) is 164 Å². The Morgan fingerprint density at radius 1 is 0.339 bits per heavy atom. The normalized spacial score (nSPS) is 24.2. The molecule has 4 saturated heterocycles. The Balaban J connectivity index is 0.000000219. The van der Waals surface area contributed by atoms with Crippen molar-refractivity contribution >= 4 is 160 Å². The molecular weight excluding hydrogens is 1860 g/mol. The summed E-state index contributed by atoms with van der Waals surface area (Å²) in [6.07, 6.45) is -13.8. The first-order valence-electron chi connectivity index (χ1n) is 44.5. The molecule has 4 aliphatic heterocycles. The van der Waals surface area contributed by atoms with Gasteiger partial charge < -0.3 is 99.1 Å². The van der Waals surface area contributed by atoms with Gasteiger partial charge in [0.1, 0.15) is 82.6 Å². The van der Waals surface area contributed by atoms with E-state index in [4.69, 9.17) is 78.7 Å². The van der Waals surface area contributed by atoms with Crippen LogP contribution in [0.15, 0.2) is 28.8 Å². The number of aromatic nitrogens is 12. The fourth-order valence-electron chi connectivity index (χ4n) is 17.5. The van der Waals surface area contributed by atoms with Gasteiger partial charge in [-0.25, -0.2) is 9.97 Å². The number of nitrogens with zero attached hydrogens (tertiary/aromatic N) is 10. The van der Waals surface area contributed by atoms with Crippen molar-refractivity contribution in [2.75, 3.05) is 49.4 Å². The second-order valence-corrected chi connectivity index (χ2v) is 65.1. The fraction of sp³-hybridized carbons (Fsp3) is 0.744. The first kappa shape index (κ1) is 107. The first-order valence-corrected chi connectivity index (χ1v) is 63.0. The molecule has 4 fully saturated rings. The van der Waals surface area contributed by atoms with Gasteiger partial charge in [-0.2, -0.15) is 19.9 Å². The van der Waals surface area contributed by atoms with Crippen molar-refractivity contribution < 1.29 is 94.7 Å². The number of hydrogen-bond donors (Lipinski definition) is 12. The van der Waals surface area contributed by atoms with Gasteiger partial charge in [-0.15, -0.1) is 0 Å². The van der Waals surface area contributed by atoms with E-state index >= 15 is 0 Å². The van der Waals surface area contributed by atoms with E-state index in [9.17, 15) is 49.2 Å². The molecule has 12 rings (SSSR count). The first-order chi connectivity index (χ1) is 59.9. The molecule has 0 bridgehead atoms. The van der Waals surface area contributed by atoms with Crippen LogP contribution < -0.4 is 53.5 Å². The van der Waals surface area contributed by atoms with E-state index in [1.54, 1.807) is 11.5 Å². The molecule has 8 aromatic heterocycles. The Kier molecular flexibility index (Phi) is 38.8. The number of nitrogens with one attached hydrogen (secondary N) is 2. The summed E-state index contributed by atoms with van der Waals surface area (Å²) < 4.78 is 74.0. The molecule has 0 amide bonds. The van der Waals surface area contributed by atoms with Crippen molar-refractivity contribution in [1.29, 1.82) is 0 Å². The van der Waals surface area contributed by atoms with E-state index in [0.29, 0.717) is 46.3 Å². The van der Waals surface area contributed by atoms with E-state index in [1.165, 1.54) is 4.57 Å². The molecule has 16 N–H and O–H groups in total. The molecule has 0 spiro atoms. The average molecular weight is 2000 g/mol. The number of aromatic amines is 2. The zero-order chi connectivity index (χ0) is 93.2. The van der Waals surface area contributed by atoms with E-state index in [1.807, 2.05) is 6.92 Å². The zero-order valence-electron chi connectivity index (χ0n) is 76.9. The fourth-order valence-corrected chi connectivity index (χ4v) is 37.7. The number of hydrogen-bond acceptors (Lipinski definition) is 36. The summed E-state index contributed by atoms with van der Waals surface area (Å²) in [4.78, 5) is 104. The molecule has 12 heterocycles. The summed E-state index contributed by atoms with van der Waals surface area (Å²) in [6.45, 7) is 43.5. The molecule has 713 valence electrons. The number of anilines is 4. The maximum absolute atomic E-state index is 13.7. The topological polar surface area (TPSA) is 549 Å². The van der Waals surface area contributed by atoms with Crippen LogP contribution in [0.5, 0.6) is 0 Å². The van der Waals surface area contributed by atoms with Crippen LogP contribution in [-0.2, 0) is 64.1 Å². The number of rotatable bonds is 38. The quantitative estimate of drug-likeness (QED) is 0.0160. The third kappa shape index (κ3) is 22.4. The predicted molar refractivity (Wildman–Crippen MR) is 508 cm³/mol. The molecule has 8 aromatic rings. The molecule has 127 heavy (non-hydrogen) atoms. The van der Waals surface area contributed by atoms with Crippen LogP contribution in [0.1, 0.15) is 161 Å². The molecule has 49 heteroatoms. The van der Waals surface area contributed by atoms with Gasteiger partial charge in [-0.1, -0.05) is 170 Å². The van der Waals surface area contributed by atoms with Gasteiger partial charge in [0, 0.05) is 18.6 Å². The van der Waals surface area contributed by atoms with Gasteiger partial charge in [0.15, 0.2) is 97.4 Å². The third-order valence-corrected chi connectivity index (χ3v) is 59.0. The van der Waals surface area contributed by atoms with E-state index < -0.39 is 170 Å². The molecule has 4 aliphatic rings. The van der Waals surface area contributed by atoms with Gasteiger partial charge >= 0.3 is 19.5 Å². The minimum Gasteiger partial charge on any atom is -0.414 e. The van der Waals surface area contributed by atoms with E-state index in [-0.39, 0.29) is 90.6 Å². The van der Waals surface area contributed by atoms with Crippen molar-refractivity contribution in [3.05, 3.63) is 70.8 Å². The predicted octanol–water partition coefficient (Wildman–Crippen LogP) is 9.56. The number of fused-ring (bicyclic) bond motifs is 4. The van der Waals surface area contributed by atoms with Crippen molar-refractivity contribution in [3.63, 3.8) is 0 Å². The molecule has 2 unspecified atom stereocenters. The minimum absolute atomic E-state index is 0. The second-order valence-electron chi connectivity index (χ2n) is 32.8. The molecule has 1 radical (unpaired) electrons. The third-order valence-electron chi connectivity index (χ3n) is 27.2. The summed E-state index contributed by atoms with van der Waals surface area (Å²) >= 11 is 3.53. The molecule has 16 atom stereocenters. The van der Waals surface area contributed by atoms with Gasteiger partial charge in [0.25, 0.3) is 11.1 Å². The molecular formula is C78H136N16O22S4Si6V. The van der Waals surface area contributed by atoms with Crippen molar-refractivity contribution in [2.24, 2.45) is 0 Å². The monoisotopic (exact) mass is 2000 g/mol. The van der Waals surface area contributed by atoms with Crippen LogP contribution >= 0.6 is 45.3 Å². The van der Waals surface area contributed by atoms with Crippen LogP contribution in [0.4, 0.5) is 23.8 Å². The molecule has 0 saturated carbocycles. The largest absolute Gasteiger partial charge is 0.414 e. The maximum atomic E-state index is 13.7. The number of nitrogen functional groups attached to an aromatic ring is 4. The Morgan fingerprint density at radius 3 is 0.827 bits per heavy atom. The number of thiazole rings is 4. The Morgan fingerprint density at radius 2 is 0.575 bits per heavy atom. The van der Waals surface area contributed by atoms with Gasteiger partial charge in [0.05, 0.1) is 47.2 Å². The average Bonchev–Trinajstić information content (AvgIpc) is 1.72. The van der Waals surface area contributed by atoms with Gasteiger partial charge in [-0.3, -0.25) is 57.0 Å². The second kappa shape index (κ2) is 45.9. The summed E-state index contributed by atoms with van der Waals surface area (Å²) in [7, 11) is -12.4. The van der Waals surface area contributed by atoms with Gasteiger partial charge in [-0.05, 0) is 123 Å². The summed E-state index contributed by atoms with van der Waals surface area (Å²) in [5.74, 6) is -0.0854. The number of aliphatic hydroxyl groups excluding tert-OH is 6. The van der Waals surface area contributed by atoms with Crippen LogP contribution in [0.3, 0.4) is 0 Å². The van der Waals surface area contributed by atoms with Crippen LogP contribution in [0.2, 0.25) is 109 Å². The molecule has 0 aromatic carbocycles. The number of nitrogens with two attached hydrogens (primary N) is 4. The van der Waals surface area contributed by atoms with Crippen molar-refractivity contribution in [3.8, 4) is 0 Å².